The third-order valence-electron chi connectivity index (χ3n) is 6.26. The maximum absolute atomic E-state index is 14.6. The molecule has 178 valence electrons. The summed E-state index contributed by atoms with van der Waals surface area (Å²) in [5.41, 5.74) is 1.04. The zero-order chi connectivity index (χ0) is 24.4. The van der Waals surface area contributed by atoms with Gasteiger partial charge in [0.05, 0.1) is 6.54 Å². The lowest BCUT2D eigenvalue weighted by Crippen LogP contribution is -2.52. The second-order valence-electron chi connectivity index (χ2n) is 8.58. The van der Waals surface area contributed by atoms with Gasteiger partial charge in [-0.25, -0.2) is 14.4 Å². The van der Waals surface area contributed by atoms with E-state index >= 15 is 0 Å². The molecule has 0 spiro atoms. The molecule has 0 aliphatic carbocycles. The minimum absolute atomic E-state index is 0.0746. The largest absolute Gasteiger partial charge is 0.348 e. The number of benzene rings is 1. The van der Waals surface area contributed by atoms with E-state index in [1.54, 1.807) is 56.3 Å². The molecule has 1 aromatic carbocycles. The number of halogens is 1. The van der Waals surface area contributed by atoms with Gasteiger partial charge in [0.2, 0.25) is 5.91 Å². The summed E-state index contributed by atoms with van der Waals surface area (Å²) in [7, 11) is 3.34. The molecule has 4 rings (SSSR count). The number of rotatable bonds is 7. The summed E-state index contributed by atoms with van der Waals surface area (Å²) in [4.78, 5) is 51.6. The van der Waals surface area contributed by atoms with Crippen LogP contribution >= 0.6 is 22.7 Å². The van der Waals surface area contributed by atoms with Gasteiger partial charge in [0.1, 0.15) is 5.82 Å². The zero-order valence-corrected chi connectivity index (χ0v) is 20.7. The Morgan fingerprint density at radius 2 is 1.59 bits per heavy atom. The van der Waals surface area contributed by atoms with Crippen molar-refractivity contribution in [1.29, 1.82) is 0 Å². The third kappa shape index (κ3) is 4.84. The molecule has 0 radical (unpaired) electrons. The van der Waals surface area contributed by atoms with Crippen molar-refractivity contribution in [3.63, 3.8) is 0 Å². The third-order valence-corrected chi connectivity index (χ3v) is 7.84. The summed E-state index contributed by atoms with van der Waals surface area (Å²) in [5.74, 6) is -2.85. The fraction of sp³-hybridized carbons (Fsp3) is 0.375. The number of thiazole rings is 2. The van der Waals surface area contributed by atoms with E-state index in [-0.39, 0.29) is 42.9 Å². The number of amides is 1. The van der Waals surface area contributed by atoms with Crippen molar-refractivity contribution < 1.29 is 18.8 Å². The maximum atomic E-state index is 14.6. The molecule has 2 atom stereocenters. The Labute approximate surface area is 205 Å². The van der Waals surface area contributed by atoms with Crippen LogP contribution in [0.15, 0.2) is 41.4 Å². The number of nitrogens with zero attached hydrogens (tertiary/aromatic N) is 4. The van der Waals surface area contributed by atoms with Gasteiger partial charge in [0.15, 0.2) is 21.6 Å². The summed E-state index contributed by atoms with van der Waals surface area (Å²) in [6.45, 7) is 2.27. The maximum Gasteiger partial charge on any atom is 0.236 e. The topological polar surface area (TPSA) is 83.5 Å². The van der Waals surface area contributed by atoms with Crippen molar-refractivity contribution in [2.45, 2.75) is 12.8 Å². The molecule has 2 aromatic heterocycles. The van der Waals surface area contributed by atoms with Gasteiger partial charge in [-0.3, -0.25) is 19.3 Å². The monoisotopic (exact) mass is 500 g/mol. The molecule has 34 heavy (non-hydrogen) atoms. The first kappa shape index (κ1) is 24.3. The number of piperidine rings is 1. The van der Waals surface area contributed by atoms with E-state index < -0.39 is 17.8 Å². The lowest BCUT2D eigenvalue weighted by atomic mass is 9.69. The van der Waals surface area contributed by atoms with Gasteiger partial charge >= 0.3 is 0 Å². The molecule has 7 nitrogen and oxygen atoms in total. The van der Waals surface area contributed by atoms with Gasteiger partial charge in [0, 0.05) is 68.1 Å². The number of carbonyl (C=O) groups excluding carboxylic acids is 3. The van der Waals surface area contributed by atoms with E-state index in [2.05, 4.69) is 9.97 Å². The first-order valence-corrected chi connectivity index (χ1v) is 12.6. The van der Waals surface area contributed by atoms with E-state index in [0.717, 1.165) is 0 Å². The molecule has 1 aliphatic heterocycles. The molecule has 0 saturated carbocycles. The molecule has 3 aromatic rings. The molecule has 1 fully saturated rings. The average molecular weight is 501 g/mol. The Balaban J connectivity index is 1.82. The van der Waals surface area contributed by atoms with E-state index in [1.165, 1.54) is 33.6 Å². The number of likely N-dealkylation sites (tertiary alicyclic amines) is 1. The van der Waals surface area contributed by atoms with E-state index in [4.69, 9.17) is 0 Å². The van der Waals surface area contributed by atoms with E-state index in [1.807, 2.05) is 4.90 Å². The SMILES string of the molecule is Cc1c(F)cccc1C1[C@@H](C(=O)c2nccs2)CN(CC(=O)N(C)C)C[C@@H]1C(=O)c1nccs1. The van der Waals surface area contributed by atoms with Crippen LogP contribution in [0, 0.1) is 24.6 Å². The number of hydrogen-bond acceptors (Lipinski definition) is 8. The highest BCUT2D eigenvalue weighted by atomic mass is 32.1. The fourth-order valence-corrected chi connectivity index (χ4v) is 5.80. The van der Waals surface area contributed by atoms with E-state index in [9.17, 15) is 18.8 Å². The number of hydrogen-bond donors (Lipinski definition) is 0. The molecule has 0 N–H and O–H groups in total. The summed E-state index contributed by atoms with van der Waals surface area (Å²) in [6.07, 6.45) is 3.13. The van der Waals surface area contributed by atoms with Gasteiger partial charge < -0.3 is 4.90 Å². The summed E-state index contributed by atoms with van der Waals surface area (Å²) in [5, 5.41) is 4.13. The van der Waals surface area contributed by atoms with Crippen LogP contribution in [0.25, 0.3) is 0 Å². The number of aromatic nitrogens is 2. The van der Waals surface area contributed by atoms with Gasteiger partial charge in [-0.1, -0.05) is 12.1 Å². The second kappa shape index (κ2) is 10.2. The minimum atomic E-state index is -0.677. The molecular formula is C24H25FN4O3S2. The summed E-state index contributed by atoms with van der Waals surface area (Å²) in [6, 6.07) is 4.77. The quantitative estimate of drug-likeness (QED) is 0.462. The van der Waals surface area contributed by atoms with Crippen LogP contribution in [0.1, 0.15) is 36.6 Å². The first-order valence-electron chi connectivity index (χ1n) is 10.8. The highest BCUT2D eigenvalue weighted by Crippen LogP contribution is 2.42. The molecule has 10 heteroatoms. The Hall–Kier alpha value is -2.82. The predicted molar refractivity (Wildman–Crippen MR) is 129 cm³/mol. The van der Waals surface area contributed by atoms with Crippen molar-refractivity contribution in [3.05, 3.63) is 68.3 Å². The van der Waals surface area contributed by atoms with Crippen LogP contribution in [0.3, 0.4) is 0 Å². The Morgan fingerprint density at radius 1 is 1.03 bits per heavy atom. The molecule has 1 aliphatic rings. The number of Topliss-reactive ketones (excluding diaryl/α,β-unsaturated/α-hetero) is 2. The Bertz CT molecular complexity index is 1120. The highest BCUT2D eigenvalue weighted by molar-refractivity contribution is 7.12. The fourth-order valence-electron chi connectivity index (χ4n) is 4.52. The molecule has 0 unspecified atom stereocenters. The smallest absolute Gasteiger partial charge is 0.236 e. The van der Waals surface area contributed by atoms with Crippen molar-refractivity contribution in [2.75, 3.05) is 33.7 Å². The molecule has 1 saturated heterocycles. The minimum Gasteiger partial charge on any atom is -0.348 e. The van der Waals surface area contributed by atoms with Crippen LogP contribution < -0.4 is 0 Å². The lowest BCUT2D eigenvalue weighted by Gasteiger charge is -2.43. The molecule has 0 bridgehead atoms. The summed E-state index contributed by atoms with van der Waals surface area (Å²) >= 11 is 2.47. The van der Waals surface area contributed by atoms with E-state index in [0.29, 0.717) is 21.1 Å². The van der Waals surface area contributed by atoms with Crippen molar-refractivity contribution in [2.24, 2.45) is 11.8 Å². The van der Waals surface area contributed by atoms with Crippen LogP contribution in [0.2, 0.25) is 0 Å². The van der Waals surface area contributed by atoms with Gasteiger partial charge in [-0.15, -0.1) is 22.7 Å². The summed E-state index contributed by atoms with van der Waals surface area (Å²) < 4.78 is 14.6. The lowest BCUT2D eigenvalue weighted by molar-refractivity contribution is -0.130. The number of likely N-dealkylation sites (N-methyl/N-ethyl adjacent to an activating group) is 1. The molecule has 1 amide bonds. The van der Waals surface area contributed by atoms with Crippen molar-refractivity contribution in [1.82, 2.24) is 19.8 Å². The second-order valence-corrected chi connectivity index (χ2v) is 10.4. The van der Waals surface area contributed by atoms with Gasteiger partial charge in [-0.2, -0.15) is 0 Å². The molecule has 3 heterocycles. The predicted octanol–water partition coefficient (Wildman–Crippen LogP) is 3.53. The zero-order valence-electron chi connectivity index (χ0n) is 19.1. The average Bonchev–Trinajstić information content (AvgIpc) is 3.54. The first-order chi connectivity index (χ1) is 16.3. The van der Waals surface area contributed by atoms with Crippen LogP contribution in [0.5, 0.6) is 0 Å². The van der Waals surface area contributed by atoms with Gasteiger partial charge in [0.25, 0.3) is 0 Å². The standard InChI is InChI=1S/C24H25FN4O3S2/c1-14-15(5-4-6-18(14)25)20-16(21(31)23-26-7-9-33-23)11-29(13-19(30)28(2)3)12-17(20)22(32)24-27-8-10-34-24/h4-10,16-17,20H,11-13H2,1-3H3/t16-,17-/m0/s1. The Morgan fingerprint density at radius 3 is 2.06 bits per heavy atom. The van der Waals surface area contributed by atoms with Crippen LogP contribution in [-0.2, 0) is 4.79 Å². The highest BCUT2D eigenvalue weighted by Gasteiger charge is 2.46. The number of carbonyl (C=O) groups is 3. The van der Waals surface area contributed by atoms with Gasteiger partial charge in [-0.05, 0) is 24.1 Å². The van der Waals surface area contributed by atoms with Crippen LogP contribution in [0.4, 0.5) is 4.39 Å². The number of ketones is 2. The van der Waals surface area contributed by atoms with Crippen molar-refractivity contribution in [3.8, 4) is 0 Å². The van der Waals surface area contributed by atoms with Crippen LogP contribution in [-0.4, -0.2) is 71.0 Å². The molecular weight excluding hydrogens is 475 g/mol. The van der Waals surface area contributed by atoms with Crippen molar-refractivity contribution >= 4 is 40.1 Å². The Kier molecular flexibility index (Phi) is 7.30. The normalized spacial score (nSPS) is 19.2.